The van der Waals surface area contributed by atoms with Gasteiger partial charge in [0.2, 0.25) is 65.2 Å². The number of rotatable bonds is 18. The van der Waals surface area contributed by atoms with E-state index >= 15 is 19.2 Å². The van der Waals surface area contributed by atoms with Crippen molar-refractivity contribution in [2.24, 2.45) is 17.4 Å². The Kier molecular flexibility index (Phi) is 26.8. The Labute approximate surface area is 672 Å². The number of carbonyl (C=O) groups excluding carboxylic acids is 9. The Morgan fingerprint density at radius 3 is 1.95 bits per heavy atom. The van der Waals surface area contributed by atoms with Crippen LogP contribution >= 0.6 is 23.2 Å². The molecule has 7 aliphatic heterocycles. The van der Waals surface area contributed by atoms with Crippen LogP contribution in [0, 0.1) is 18.3 Å². The number of ether oxygens (including phenoxy) is 6. The van der Waals surface area contributed by atoms with E-state index in [1.165, 1.54) is 45.2 Å². The summed E-state index contributed by atoms with van der Waals surface area (Å²) in [5, 5.41) is 127. The number of aliphatic hydroxyl groups is 6. The second-order valence-corrected chi connectivity index (χ2v) is 29.9. The van der Waals surface area contributed by atoms with E-state index in [4.69, 9.17) is 69.5 Å². The van der Waals surface area contributed by atoms with Crippen molar-refractivity contribution in [2.75, 3.05) is 26.7 Å². The molecule has 35 nitrogen and oxygen atoms in total. The molecule has 2 saturated heterocycles. The molecule has 6 aromatic rings. The molecule has 2 fully saturated rings. The molecule has 6 aromatic carbocycles. The molecule has 616 valence electrons. The summed E-state index contributed by atoms with van der Waals surface area (Å²) in [7, 11) is 1.47. The summed E-state index contributed by atoms with van der Waals surface area (Å²) in [5.74, 6) is -13.3. The Hall–Kier alpha value is -11.2. The fourth-order valence-electron chi connectivity index (χ4n) is 13.9. The van der Waals surface area contributed by atoms with Crippen LogP contribution in [-0.4, -0.2) is 205 Å². The highest BCUT2D eigenvalue weighted by atomic mass is 35.5. The number of phenolic OH excluding ortho intramolecular Hbond substituents is 3. The van der Waals surface area contributed by atoms with Gasteiger partial charge in [0, 0.05) is 53.9 Å². The van der Waals surface area contributed by atoms with Crippen molar-refractivity contribution in [1.82, 2.24) is 47.9 Å². The Morgan fingerprint density at radius 2 is 1.34 bits per heavy atom. The number of phenols is 3. The summed E-state index contributed by atoms with van der Waals surface area (Å²) in [4.78, 5) is 133. The third-order valence-electron chi connectivity index (χ3n) is 20.0. The Balaban J connectivity index is 1.10. The van der Waals surface area contributed by atoms with Crippen LogP contribution in [-0.2, 0) is 57.4 Å². The lowest BCUT2D eigenvalue weighted by Crippen LogP contribution is -2.64. The Bertz CT molecular complexity index is 4850. The van der Waals surface area contributed by atoms with Crippen LogP contribution in [0.5, 0.6) is 46.0 Å². The zero-order chi connectivity index (χ0) is 84.0. The molecule has 37 heteroatoms. The number of primary amides is 1. The first-order valence-electron chi connectivity index (χ1n) is 36.6. The number of amides is 9. The maximum atomic E-state index is 16.3. The number of carbonyl (C=O) groups is 9. The molecule has 116 heavy (non-hydrogen) atoms. The van der Waals surface area contributed by atoms with Gasteiger partial charge in [-0.15, -0.1) is 6.42 Å². The molecule has 0 aliphatic carbocycles. The monoisotopic (exact) mass is 1640 g/mol. The summed E-state index contributed by atoms with van der Waals surface area (Å²) in [6.45, 7) is 5.05. The van der Waals surface area contributed by atoms with Gasteiger partial charge in [0.25, 0.3) is 0 Å². The normalized spacial score (nSPS) is 27.0. The number of terminal acetylenes is 1. The van der Waals surface area contributed by atoms with Gasteiger partial charge >= 0.3 is 0 Å². The zero-order valence-corrected chi connectivity index (χ0v) is 64.3. The van der Waals surface area contributed by atoms with Gasteiger partial charge in [0.05, 0.1) is 41.3 Å². The number of hydrogen-bond acceptors (Lipinski definition) is 26. The molecule has 0 aromatic heterocycles. The summed E-state index contributed by atoms with van der Waals surface area (Å²) >= 11 is 14.3. The first kappa shape index (κ1) is 85.7. The first-order valence-corrected chi connectivity index (χ1v) is 37.3. The van der Waals surface area contributed by atoms with Crippen LogP contribution in [0.25, 0.3) is 17.2 Å². The third-order valence-corrected chi connectivity index (χ3v) is 20.6. The Morgan fingerprint density at radius 1 is 0.716 bits per heavy atom. The van der Waals surface area contributed by atoms with E-state index in [0.717, 1.165) is 66.7 Å². The van der Waals surface area contributed by atoms with Crippen LogP contribution in [0.2, 0.25) is 10.0 Å². The second kappa shape index (κ2) is 36.3. The smallest absolute Gasteiger partial charge is 0.248 e. The van der Waals surface area contributed by atoms with Crippen molar-refractivity contribution in [1.29, 1.82) is 0 Å². The van der Waals surface area contributed by atoms with Crippen LogP contribution in [0.15, 0.2) is 109 Å². The largest absolute Gasteiger partial charge is 0.508 e. The summed E-state index contributed by atoms with van der Waals surface area (Å²) < 4.78 is 38.6. The van der Waals surface area contributed by atoms with Crippen molar-refractivity contribution in [2.45, 2.75) is 156 Å². The maximum Gasteiger partial charge on any atom is 0.248 e. The fourth-order valence-corrected chi connectivity index (χ4v) is 14.4. The fraction of sp³-hybridized carbons (Fsp3) is 0.380. The number of fused-ring (bicyclic) bond motifs is 15. The number of halogens is 2. The van der Waals surface area contributed by atoms with Gasteiger partial charge < -0.3 is 134 Å². The lowest BCUT2D eigenvalue weighted by atomic mass is 9.86. The molecule has 9 amide bonds. The highest BCUT2D eigenvalue weighted by Crippen LogP contribution is 2.50. The number of benzene rings is 6. The average molecular weight is 1650 g/mol. The average Bonchev–Trinajstić information content (AvgIpc) is 0.762. The van der Waals surface area contributed by atoms with Crippen LogP contribution < -0.4 is 73.5 Å². The molecular formula is C79H87Cl2N11O24. The van der Waals surface area contributed by atoms with E-state index in [1.54, 1.807) is 24.3 Å². The molecule has 22 N–H and O–H groups in total. The van der Waals surface area contributed by atoms with E-state index in [1.807, 2.05) is 13.8 Å². The highest BCUT2D eigenvalue weighted by molar-refractivity contribution is 6.32. The number of likely N-dealkylation sites (N-methyl/N-ethyl adjacent to an activating group) is 1. The van der Waals surface area contributed by atoms with E-state index in [9.17, 15) is 69.9 Å². The molecule has 7 aliphatic rings. The first-order chi connectivity index (χ1) is 55.0. The van der Waals surface area contributed by atoms with Gasteiger partial charge in [0.15, 0.2) is 23.9 Å². The number of hydrogen-bond donors (Lipinski definition) is 20. The predicted octanol–water partition coefficient (Wildman–Crippen LogP) is 0.949. The van der Waals surface area contributed by atoms with Crippen LogP contribution in [0.3, 0.4) is 0 Å². The lowest BCUT2D eigenvalue weighted by molar-refractivity contribution is -0.333. The molecule has 0 saturated carbocycles. The van der Waals surface area contributed by atoms with Crippen molar-refractivity contribution in [3.8, 4) is 69.5 Å². The van der Waals surface area contributed by atoms with Crippen molar-refractivity contribution < 1.29 is 118 Å². The number of aliphatic hydroxyl groups excluding tert-OH is 6. The number of nitrogens with one attached hydrogen (secondary N) is 9. The molecule has 1 unspecified atom stereocenters. The standard InChI is InChI=1S/C79H87Cl2N11O24/c1-7-35-8-10-36(11-9-35)12-19-56(98)85-20-21-86-73(106)61-43-28-41(94)29-49(96)58(43)42-23-37(13-16-48(42)95)59-74(107)92-63(77(110)90-61)65(100)39-15-18-51(45(81)25-39)113-53-27-40-26-52(68(53)116-78-69(67(102)66(101)54(32-93)114-78)115-57-31-79(5,83)70(103)34(4)111-57)112-50-17-14-38(24-44(50)80)64(99)62(91-71(104)46(84-6)22-33(2)3)76(109)87-47(30-55(82)97)72(105)88-60(40)75(108)89-59/h1,8-19,23-29,33-34,46-47,54,57,59-67,69-70,78,84,93-96,99-103H,20-22,30-32,83H2,2-6H3,(H2,82,97)(H,85,98)(H,86,106)(H,87,109)(H,88,105)(H,89,108)(H,90,110)(H,91,104)(H,92,107)/b19-12+/t34-,46+,47-,54+,57-,59+,60+,61?,62+,63-,64+,65+,66+,67-,69+,70+,78-,79-/m0/s1. The van der Waals surface area contributed by atoms with E-state index in [0.29, 0.717) is 11.1 Å². The van der Waals surface area contributed by atoms with E-state index < -0.39 is 243 Å². The van der Waals surface area contributed by atoms with Crippen LogP contribution in [0.4, 0.5) is 0 Å². The molecule has 11 bridgehead atoms. The quantitative estimate of drug-likeness (QED) is 0.0323. The van der Waals surface area contributed by atoms with Gasteiger partial charge in [-0.25, -0.2) is 0 Å². The maximum absolute atomic E-state index is 16.3. The minimum absolute atomic E-state index is 0.109. The lowest BCUT2D eigenvalue weighted by Gasteiger charge is -2.47. The molecule has 13 rings (SSSR count). The number of nitrogens with two attached hydrogens (primary N) is 2. The molecule has 18 atom stereocenters. The molecule has 0 spiro atoms. The van der Waals surface area contributed by atoms with Gasteiger partial charge in [-0.3, -0.25) is 43.2 Å². The zero-order valence-electron chi connectivity index (χ0n) is 62.7. The third kappa shape index (κ3) is 19.3. The van der Waals surface area contributed by atoms with Gasteiger partial charge in [-0.05, 0) is 139 Å². The van der Waals surface area contributed by atoms with E-state index in [-0.39, 0.29) is 59.3 Å². The minimum Gasteiger partial charge on any atom is -0.508 e. The second-order valence-electron chi connectivity index (χ2n) is 29.1. The van der Waals surface area contributed by atoms with E-state index in [2.05, 4.69) is 53.8 Å². The number of aromatic hydroxyl groups is 3. The van der Waals surface area contributed by atoms with Gasteiger partial charge in [0.1, 0.15) is 95.5 Å². The summed E-state index contributed by atoms with van der Waals surface area (Å²) in [6, 6.07) is 6.42. The SMILES string of the molecule is C#Cc1ccc(/C=C/C(=O)NCCNC(=O)C2NC(=O)[C@H]3NC(=O)[C@H](NC(=O)[C@@H]4NC(=O)[C@H](CC(N)=O)NC(=O)[C@H](NC(=O)[C@@H](CC(C)C)NC)[C@H](O)c5ccc(c(Cl)c5)Oc5cc4cc(c5O[C@@H]4O[C@H](CO)[C@@H](O)[C@H](O)[C@H]4O[C@H]4C[C@](C)(N)[C@H](O)[C@H](C)O4)Oc4ccc(cc4Cl)[C@H]3O)c3ccc(O)c(c3)-c3c(O)cc(O)cc32)cc1. The summed E-state index contributed by atoms with van der Waals surface area (Å²) in [5.41, 5.74) is 9.51. The molecule has 7 heterocycles. The molecular weight excluding hydrogens is 1560 g/mol. The topological polar surface area (TPSA) is 551 Å². The van der Waals surface area contributed by atoms with Crippen molar-refractivity contribution in [3.05, 3.63) is 158 Å². The van der Waals surface area contributed by atoms with Gasteiger partial charge in [-0.1, -0.05) is 73.3 Å². The van der Waals surface area contributed by atoms with Crippen molar-refractivity contribution in [3.63, 3.8) is 0 Å². The summed E-state index contributed by atoms with van der Waals surface area (Å²) in [6.07, 6.45) is -10.6. The van der Waals surface area contributed by atoms with Crippen molar-refractivity contribution >= 4 is 82.4 Å². The van der Waals surface area contributed by atoms with Crippen LogP contribution in [0.1, 0.15) is 116 Å². The minimum atomic E-state index is -2.37. The predicted molar refractivity (Wildman–Crippen MR) is 411 cm³/mol. The van der Waals surface area contributed by atoms with Gasteiger partial charge in [-0.2, -0.15) is 0 Å². The molecule has 0 radical (unpaired) electrons. The highest BCUT2D eigenvalue weighted by Gasteiger charge is 2.52.